The van der Waals surface area contributed by atoms with Crippen LogP contribution in [0.1, 0.15) is 51.5 Å². The first kappa shape index (κ1) is 13.0. The normalized spacial score (nSPS) is 12.8. The van der Waals surface area contributed by atoms with Gasteiger partial charge in [0.25, 0.3) is 0 Å². The molecule has 0 aromatic heterocycles. The van der Waals surface area contributed by atoms with E-state index in [1.807, 2.05) is 18.2 Å². The molecule has 0 fully saturated rings. The zero-order chi connectivity index (χ0) is 12.0. The molecule has 0 radical (unpaired) electrons. The molecule has 0 bridgehead atoms. The number of benzene rings is 1. The van der Waals surface area contributed by atoms with Crippen molar-refractivity contribution < 1.29 is 4.79 Å². The fraction of sp³-hybridized carbons (Fsp3) is 0.533. The summed E-state index contributed by atoms with van der Waals surface area (Å²) in [6.07, 6.45) is 2.62. The summed E-state index contributed by atoms with van der Waals surface area (Å²) in [4.78, 5) is 12.1. The van der Waals surface area contributed by atoms with Crippen LogP contribution < -0.4 is 0 Å². The standard InChI is InChI=1S/C15H22O/c1-4-14(13-8-6-5-7-9-13)15(16)11-10-12(2)3/h5-9,12,14H,4,10-11H2,1-3H3. The Morgan fingerprint density at radius 1 is 1.19 bits per heavy atom. The SMILES string of the molecule is CCC(C(=O)CCC(C)C)c1ccccc1. The molecule has 88 valence electrons. The highest BCUT2D eigenvalue weighted by atomic mass is 16.1. The molecule has 0 aliphatic heterocycles. The molecule has 1 rings (SSSR count). The maximum Gasteiger partial charge on any atom is 0.140 e. The minimum absolute atomic E-state index is 0.0972. The van der Waals surface area contributed by atoms with Crippen LogP contribution in [-0.2, 0) is 4.79 Å². The van der Waals surface area contributed by atoms with E-state index in [0.717, 1.165) is 12.8 Å². The first-order valence-corrected chi connectivity index (χ1v) is 6.22. The molecule has 0 aliphatic rings. The van der Waals surface area contributed by atoms with E-state index in [4.69, 9.17) is 0 Å². The van der Waals surface area contributed by atoms with E-state index in [9.17, 15) is 4.79 Å². The fourth-order valence-electron chi connectivity index (χ4n) is 1.94. The van der Waals surface area contributed by atoms with Crippen LogP contribution in [0.15, 0.2) is 30.3 Å². The van der Waals surface area contributed by atoms with Crippen molar-refractivity contribution in [2.75, 3.05) is 0 Å². The van der Waals surface area contributed by atoms with E-state index in [-0.39, 0.29) is 5.92 Å². The highest BCUT2D eigenvalue weighted by Crippen LogP contribution is 2.23. The lowest BCUT2D eigenvalue weighted by molar-refractivity contribution is -0.120. The van der Waals surface area contributed by atoms with Crippen LogP contribution in [0.4, 0.5) is 0 Å². The Hall–Kier alpha value is -1.11. The summed E-state index contributed by atoms with van der Waals surface area (Å²) in [7, 11) is 0. The molecule has 1 aromatic rings. The highest BCUT2D eigenvalue weighted by molar-refractivity contribution is 5.85. The highest BCUT2D eigenvalue weighted by Gasteiger charge is 2.17. The summed E-state index contributed by atoms with van der Waals surface area (Å²) < 4.78 is 0. The third-order valence-corrected chi connectivity index (χ3v) is 2.97. The number of carbonyl (C=O) groups is 1. The molecule has 0 aliphatic carbocycles. The maximum absolute atomic E-state index is 12.1. The Labute approximate surface area is 98.9 Å². The van der Waals surface area contributed by atoms with E-state index in [1.54, 1.807) is 0 Å². The molecule has 1 atom stereocenters. The number of hydrogen-bond acceptors (Lipinski definition) is 1. The van der Waals surface area contributed by atoms with Crippen LogP contribution in [0.5, 0.6) is 0 Å². The van der Waals surface area contributed by atoms with Gasteiger partial charge in [-0.05, 0) is 24.3 Å². The quantitative estimate of drug-likeness (QED) is 0.700. The van der Waals surface area contributed by atoms with Gasteiger partial charge < -0.3 is 0 Å². The molecule has 0 spiro atoms. The minimum Gasteiger partial charge on any atom is -0.299 e. The van der Waals surface area contributed by atoms with E-state index in [2.05, 4.69) is 32.9 Å². The molecule has 0 saturated heterocycles. The van der Waals surface area contributed by atoms with Crippen molar-refractivity contribution in [3.05, 3.63) is 35.9 Å². The van der Waals surface area contributed by atoms with Crippen LogP contribution >= 0.6 is 0 Å². The van der Waals surface area contributed by atoms with Crippen molar-refractivity contribution in [1.82, 2.24) is 0 Å². The van der Waals surface area contributed by atoms with Crippen molar-refractivity contribution in [3.8, 4) is 0 Å². The van der Waals surface area contributed by atoms with Gasteiger partial charge >= 0.3 is 0 Å². The van der Waals surface area contributed by atoms with Crippen LogP contribution in [0.25, 0.3) is 0 Å². The lowest BCUT2D eigenvalue weighted by atomic mass is 9.89. The molecule has 16 heavy (non-hydrogen) atoms. The topological polar surface area (TPSA) is 17.1 Å². The van der Waals surface area contributed by atoms with Crippen molar-refractivity contribution in [2.24, 2.45) is 5.92 Å². The number of ketones is 1. The predicted octanol–water partition coefficient (Wildman–Crippen LogP) is 4.19. The summed E-state index contributed by atoms with van der Waals surface area (Å²) in [5.41, 5.74) is 1.17. The second-order valence-corrected chi connectivity index (χ2v) is 4.77. The van der Waals surface area contributed by atoms with Gasteiger partial charge in [-0.25, -0.2) is 0 Å². The predicted molar refractivity (Wildman–Crippen MR) is 68.6 cm³/mol. The maximum atomic E-state index is 12.1. The second kappa shape index (κ2) is 6.47. The van der Waals surface area contributed by atoms with Gasteiger partial charge in [-0.1, -0.05) is 51.1 Å². The second-order valence-electron chi connectivity index (χ2n) is 4.77. The Kier molecular flexibility index (Phi) is 5.24. The average molecular weight is 218 g/mol. The summed E-state index contributed by atoms with van der Waals surface area (Å²) in [6.45, 7) is 6.42. The van der Waals surface area contributed by atoms with Crippen LogP contribution in [0, 0.1) is 5.92 Å². The van der Waals surface area contributed by atoms with Gasteiger partial charge in [0.1, 0.15) is 5.78 Å². The molecule has 0 N–H and O–H groups in total. The molecular formula is C15H22O. The van der Waals surface area contributed by atoms with Crippen molar-refractivity contribution in [3.63, 3.8) is 0 Å². The Bertz CT molecular complexity index is 313. The zero-order valence-electron chi connectivity index (χ0n) is 10.6. The number of Topliss-reactive ketones (excluding diaryl/α,β-unsaturated/α-hetero) is 1. The van der Waals surface area contributed by atoms with Gasteiger partial charge in [-0.3, -0.25) is 4.79 Å². The lowest BCUT2D eigenvalue weighted by Crippen LogP contribution is -2.12. The smallest absolute Gasteiger partial charge is 0.140 e. The monoisotopic (exact) mass is 218 g/mol. The third-order valence-electron chi connectivity index (χ3n) is 2.97. The molecular weight excluding hydrogens is 196 g/mol. The van der Waals surface area contributed by atoms with Gasteiger partial charge in [0.15, 0.2) is 0 Å². The summed E-state index contributed by atoms with van der Waals surface area (Å²) in [5.74, 6) is 1.10. The van der Waals surface area contributed by atoms with Gasteiger partial charge in [-0.15, -0.1) is 0 Å². The van der Waals surface area contributed by atoms with Crippen LogP contribution in [0.3, 0.4) is 0 Å². The van der Waals surface area contributed by atoms with E-state index >= 15 is 0 Å². The molecule has 1 aromatic carbocycles. The number of rotatable bonds is 6. The summed E-state index contributed by atoms with van der Waals surface area (Å²) in [5, 5.41) is 0. The van der Waals surface area contributed by atoms with Crippen LogP contribution in [-0.4, -0.2) is 5.78 Å². The largest absolute Gasteiger partial charge is 0.299 e. The zero-order valence-corrected chi connectivity index (χ0v) is 10.6. The molecule has 0 saturated carbocycles. The van der Waals surface area contributed by atoms with Crippen molar-refractivity contribution in [1.29, 1.82) is 0 Å². The Balaban J connectivity index is 2.64. The van der Waals surface area contributed by atoms with Gasteiger partial charge in [-0.2, -0.15) is 0 Å². The van der Waals surface area contributed by atoms with Crippen molar-refractivity contribution in [2.45, 2.75) is 46.0 Å². The lowest BCUT2D eigenvalue weighted by Gasteiger charge is -2.14. The summed E-state index contributed by atoms with van der Waals surface area (Å²) >= 11 is 0. The van der Waals surface area contributed by atoms with Gasteiger partial charge in [0, 0.05) is 12.3 Å². The van der Waals surface area contributed by atoms with Crippen LogP contribution in [0.2, 0.25) is 0 Å². The summed E-state index contributed by atoms with van der Waals surface area (Å²) in [6, 6.07) is 10.1. The first-order valence-electron chi connectivity index (χ1n) is 6.22. The number of hydrogen-bond donors (Lipinski definition) is 0. The molecule has 0 amide bonds. The number of carbonyl (C=O) groups excluding carboxylic acids is 1. The molecule has 1 unspecified atom stereocenters. The van der Waals surface area contributed by atoms with E-state index in [0.29, 0.717) is 18.1 Å². The van der Waals surface area contributed by atoms with E-state index in [1.165, 1.54) is 5.56 Å². The third kappa shape index (κ3) is 3.80. The van der Waals surface area contributed by atoms with Crippen molar-refractivity contribution >= 4 is 5.78 Å². The molecule has 1 nitrogen and oxygen atoms in total. The minimum atomic E-state index is 0.0972. The average Bonchev–Trinajstić information content (AvgIpc) is 2.29. The van der Waals surface area contributed by atoms with E-state index < -0.39 is 0 Å². The molecule has 0 heterocycles. The van der Waals surface area contributed by atoms with Gasteiger partial charge in [0.2, 0.25) is 0 Å². The Morgan fingerprint density at radius 3 is 2.31 bits per heavy atom. The Morgan fingerprint density at radius 2 is 1.81 bits per heavy atom. The first-order chi connectivity index (χ1) is 7.65. The fourth-order valence-corrected chi connectivity index (χ4v) is 1.94. The molecule has 1 heteroatoms. The van der Waals surface area contributed by atoms with Gasteiger partial charge in [0.05, 0.1) is 0 Å².